The highest BCUT2D eigenvalue weighted by molar-refractivity contribution is 5.97. The van der Waals surface area contributed by atoms with Crippen LogP contribution in [-0.2, 0) is 0 Å². The van der Waals surface area contributed by atoms with Crippen molar-refractivity contribution in [1.82, 2.24) is 10.2 Å². The van der Waals surface area contributed by atoms with Crippen molar-refractivity contribution in [1.29, 1.82) is 0 Å². The van der Waals surface area contributed by atoms with Crippen LogP contribution in [-0.4, -0.2) is 44.1 Å². The first-order valence-corrected chi connectivity index (χ1v) is 7.49. The molecule has 0 bridgehead atoms. The van der Waals surface area contributed by atoms with E-state index in [4.69, 9.17) is 4.74 Å². The Balaban J connectivity index is 2.02. The molecule has 1 saturated heterocycles. The van der Waals surface area contributed by atoms with E-state index in [0.29, 0.717) is 24.8 Å². The summed E-state index contributed by atoms with van der Waals surface area (Å²) in [5, 5.41) is 3.34. The molecule has 116 valence electrons. The number of halogens is 1. The van der Waals surface area contributed by atoms with Gasteiger partial charge in [-0.05, 0) is 44.0 Å². The number of nitrogens with zero attached hydrogens (tertiary/aromatic N) is 1. The SMILES string of the molecule is CCNCC1CCN(C(=O)c2c(F)cccc2OC)CC1. The fourth-order valence-electron chi connectivity index (χ4n) is 2.73. The van der Waals surface area contributed by atoms with Gasteiger partial charge in [0.25, 0.3) is 5.91 Å². The van der Waals surface area contributed by atoms with Crippen LogP contribution in [0.15, 0.2) is 18.2 Å². The van der Waals surface area contributed by atoms with Gasteiger partial charge in [-0.3, -0.25) is 4.79 Å². The van der Waals surface area contributed by atoms with E-state index < -0.39 is 5.82 Å². The topological polar surface area (TPSA) is 41.6 Å². The Morgan fingerprint density at radius 1 is 1.43 bits per heavy atom. The second-order valence-electron chi connectivity index (χ2n) is 5.36. The summed E-state index contributed by atoms with van der Waals surface area (Å²) in [6.07, 6.45) is 1.91. The number of amides is 1. The fraction of sp³-hybridized carbons (Fsp3) is 0.562. The van der Waals surface area contributed by atoms with Crippen LogP contribution < -0.4 is 10.1 Å². The number of hydrogen-bond donors (Lipinski definition) is 1. The molecule has 0 atom stereocenters. The van der Waals surface area contributed by atoms with Crippen LogP contribution in [0.25, 0.3) is 0 Å². The lowest BCUT2D eigenvalue weighted by molar-refractivity contribution is 0.0682. The molecule has 0 spiro atoms. The lowest BCUT2D eigenvalue weighted by Crippen LogP contribution is -2.41. The maximum absolute atomic E-state index is 13.9. The van der Waals surface area contributed by atoms with E-state index >= 15 is 0 Å². The van der Waals surface area contributed by atoms with Gasteiger partial charge in [-0.1, -0.05) is 13.0 Å². The van der Waals surface area contributed by atoms with E-state index in [-0.39, 0.29) is 11.5 Å². The maximum Gasteiger partial charge on any atom is 0.260 e. The highest BCUT2D eigenvalue weighted by atomic mass is 19.1. The Labute approximate surface area is 125 Å². The van der Waals surface area contributed by atoms with Gasteiger partial charge in [-0.25, -0.2) is 4.39 Å². The predicted molar refractivity (Wildman–Crippen MR) is 80.1 cm³/mol. The van der Waals surface area contributed by atoms with Crippen molar-refractivity contribution in [2.24, 2.45) is 5.92 Å². The van der Waals surface area contributed by atoms with Crippen molar-refractivity contribution >= 4 is 5.91 Å². The van der Waals surface area contributed by atoms with Gasteiger partial charge in [-0.2, -0.15) is 0 Å². The molecule has 1 N–H and O–H groups in total. The predicted octanol–water partition coefficient (Wildman–Crippen LogP) is 2.30. The zero-order valence-corrected chi connectivity index (χ0v) is 12.7. The van der Waals surface area contributed by atoms with Crippen LogP contribution in [0.5, 0.6) is 5.75 Å². The molecule has 1 fully saturated rings. The molecule has 0 aromatic heterocycles. The molecule has 0 radical (unpaired) electrons. The van der Waals surface area contributed by atoms with Gasteiger partial charge in [0.1, 0.15) is 17.1 Å². The van der Waals surface area contributed by atoms with Crippen LogP contribution in [0, 0.1) is 11.7 Å². The normalized spacial score (nSPS) is 16.0. The number of methoxy groups -OCH3 is 1. The van der Waals surface area contributed by atoms with Gasteiger partial charge in [0.15, 0.2) is 0 Å². The molecule has 0 aliphatic carbocycles. The van der Waals surface area contributed by atoms with Gasteiger partial charge >= 0.3 is 0 Å². The Morgan fingerprint density at radius 2 is 2.14 bits per heavy atom. The standard InChI is InChI=1S/C16H23FN2O2/c1-3-18-11-12-7-9-19(10-8-12)16(20)15-13(17)5-4-6-14(15)21-2/h4-6,12,18H,3,7-11H2,1-2H3. The van der Waals surface area contributed by atoms with E-state index in [1.807, 2.05) is 0 Å². The number of benzene rings is 1. The largest absolute Gasteiger partial charge is 0.496 e. The van der Waals surface area contributed by atoms with Crippen LogP contribution in [0.1, 0.15) is 30.1 Å². The zero-order chi connectivity index (χ0) is 15.2. The van der Waals surface area contributed by atoms with Crippen LogP contribution in [0.3, 0.4) is 0 Å². The summed E-state index contributed by atoms with van der Waals surface area (Å²) in [4.78, 5) is 14.2. The average Bonchev–Trinajstić information content (AvgIpc) is 2.52. The number of carbonyl (C=O) groups excluding carboxylic acids is 1. The third-order valence-electron chi connectivity index (χ3n) is 3.99. The molecule has 1 aliphatic heterocycles. The summed E-state index contributed by atoms with van der Waals surface area (Å²) in [6, 6.07) is 4.47. The first-order valence-electron chi connectivity index (χ1n) is 7.49. The second-order valence-corrected chi connectivity index (χ2v) is 5.36. The number of carbonyl (C=O) groups is 1. The Bertz CT molecular complexity index is 485. The van der Waals surface area contributed by atoms with Crippen molar-refractivity contribution in [2.45, 2.75) is 19.8 Å². The first-order chi connectivity index (χ1) is 10.2. The number of likely N-dealkylation sites (tertiary alicyclic amines) is 1. The van der Waals surface area contributed by atoms with Crippen molar-refractivity contribution in [3.63, 3.8) is 0 Å². The van der Waals surface area contributed by atoms with Gasteiger partial charge < -0.3 is 15.0 Å². The van der Waals surface area contributed by atoms with E-state index in [1.165, 1.54) is 13.2 Å². The quantitative estimate of drug-likeness (QED) is 0.906. The van der Waals surface area contributed by atoms with E-state index in [0.717, 1.165) is 25.9 Å². The first kappa shape index (κ1) is 15.8. The van der Waals surface area contributed by atoms with E-state index in [2.05, 4.69) is 12.2 Å². The molecule has 1 amide bonds. The molecule has 5 heteroatoms. The third-order valence-corrected chi connectivity index (χ3v) is 3.99. The molecule has 1 aromatic carbocycles. The Morgan fingerprint density at radius 3 is 2.76 bits per heavy atom. The summed E-state index contributed by atoms with van der Waals surface area (Å²) in [7, 11) is 1.45. The molecule has 1 heterocycles. The Kier molecular flexibility index (Phi) is 5.56. The fourth-order valence-corrected chi connectivity index (χ4v) is 2.73. The van der Waals surface area contributed by atoms with Gasteiger partial charge in [0.05, 0.1) is 7.11 Å². The van der Waals surface area contributed by atoms with Crippen LogP contribution in [0.4, 0.5) is 4.39 Å². The number of ether oxygens (including phenoxy) is 1. The van der Waals surface area contributed by atoms with E-state index in [1.54, 1.807) is 17.0 Å². The zero-order valence-electron chi connectivity index (χ0n) is 12.7. The molecule has 0 saturated carbocycles. The van der Waals surface area contributed by atoms with Gasteiger partial charge in [0.2, 0.25) is 0 Å². The van der Waals surface area contributed by atoms with Crippen LogP contribution in [0.2, 0.25) is 0 Å². The summed E-state index contributed by atoms with van der Waals surface area (Å²) >= 11 is 0. The molecule has 21 heavy (non-hydrogen) atoms. The second kappa shape index (κ2) is 7.41. The lowest BCUT2D eigenvalue weighted by atomic mass is 9.96. The summed E-state index contributed by atoms with van der Waals surface area (Å²) in [5.41, 5.74) is 0.0464. The molecule has 1 aromatic rings. The van der Waals surface area contributed by atoms with Crippen molar-refractivity contribution in [3.05, 3.63) is 29.6 Å². The molecule has 1 aliphatic rings. The summed E-state index contributed by atoms with van der Waals surface area (Å²) < 4.78 is 19.1. The summed E-state index contributed by atoms with van der Waals surface area (Å²) in [6.45, 7) is 5.38. The van der Waals surface area contributed by atoms with Crippen molar-refractivity contribution in [3.8, 4) is 5.75 Å². The molecule has 2 rings (SSSR count). The lowest BCUT2D eigenvalue weighted by Gasteiger charge is -2.32. The van der Waals surface area contributed by atoms with Crippen molar-refractivity contribution in [2.75, 3.05) is 33.3 Å². The average molecular weight is 294 g/mol. The molecule has 0 unspecified atom stereocenters. The molecular weight excluding hydrogens is 271 g/mol. The number of piperidine rings is 1. The number of rotatable bonds is 5. The van der Waals surface area contributed by atoms with Crippen LogP contribution >= 0.6 is 0 Å². The highest BCUT2D eigenvalue weighted by Gasteiger charge is 2.27. The molecule has 4 nitrogen and oxygen atoms in total. The minimum atomic E-state index is -0.519. The van der Waals surface area contributed by atoms with Gasteiger partial charge in [-0.15, -0.1) is 0 Å². The number of hydrogen-bond acceptors (Lipinski definition) is 3. The molecular formula is C16H23FN2O2. The van der Waals surface area contributed by atoms with Crippen molar-refractivity contribution < 1.29 is 13.9 Å². The summed E-state index contributed by atoms with van der Waals surface area (Å²) in [5.74, 6) is 0.104. The van der Waals surface area contributed by atoms with E-state index in [9.17, 15) is 9.18 Å². The van der Waals surface area contributed by atoms with Gasteiger partial charge in [0, 0.05) is 13.1 Å². The highest BCUT2D eigenvalue weighted by Crippen LogP contribution is 2.25. The smallest absolute Gasteiger partial charge is 0.260 e. The minimum Gasteiger partial charge on any atom is -0.496 e. The number of nitrogens with one attached hydrogen (secondary N) is 1. The monoisotopic (exact) mass is 294 g/mol. The third kappa shape index (κ3) is 3.73. The minimum absolute atomic E-state index is 0.0464. The maximum atomic E-state index is 13.9. The Hall–Kier alpha value is -1.62.